The summed E-state index contributed by atoms with van der Waals surface area (Å²) >= 11 is 0. The minimum atomic E-state index is -1.01. The topological polar surface area (TPSA) is 131 Å². The Morgan fingerprint density at radius 2 is 1.21 bits per heavy atom. The number of nitrogens with one attached hydrogen (secondary N) is 2. The highest BCUT2D eigenvalue weighted by molar-refractivity contribution is 5.95. The van der Waals surface area contributed by atoms with Crippen LogP contribution in [0.2, 0.25) is 0 Å². The molecule has 0 saturated carbocycles. The van der Waals surface area contributed by atoms with E-state index in [0.29, 0.717) is 28.9 Å². The smallest absolute Gasteiger partial charge is 0.335 e. The number of aryl methyl sites for hydroxylation is 3. The Bertz CT molecular complexity index is 1840. The highest BCUT2D eigenvalue weighted by Gasteiger charge is 2.24. The Labute approximate surface area is 337 Å². The van der Waals surface area contributed by atoms with Crippen molar-refractivity contribution in [2.75, 3.05) is 42.5 Å². The van der Waals surface area contributed by atoms with Crippen LogP contribution in [0.4, 0.5) is 20.4 Å². The van der Waals surface area contributed by atoms with Gasteiger partial charge in [0.25, 0.3) is 5.91 Å². The molecule has 2 aromatic carbocycles. The lowest BCUT2D eigenvalue weighted by molar-refractivity contribution is 0.0696. The summed E-state index contributed by atoms with van der Waals surface area (Å²) in [4.78, 5) is 37.8. The lowest BCUT2D eigenvalue weighted by Crippen LogP contribution is -2.48. The summed E-state index contributed by atoms with van der Waals surface area (Å²) in [6, 6.07) is 17.4. The van der Waals surface area contributed by atoms with Crippen LogP contribution < -0.4 is 20.4 Å². The largest absolute Gasteiger partial charge is 0.478 e. The van der Waals surface area contributed by atoms with Crippen LogP contribution in [-0.4, -0.2) is 76.9 Å². The van der Waals surface area contributed by atoms with Crippen molar-refractivity contribution in [2.45, 2.75) is 106 Å². The van der Waals surface area contributed by atoms with Crippen molar-refractivity contribution in [1.82, 2.24) is 20.6 Å². The summed E-state index contributed by atoms with van der Waals surface area (Å²) in [5.74, 6) is -1.18. The maximum Gasteiger partial charge on any atom is 0.335 e. The molecule has 0 spiro atoms. The van der Waals surface area contributed by atoms with Gasteiger partial charge in [0.05, 0.1) is 17.7 Å². The molecule has 1 amide bonds. The van der Waals surface area contributed by atoms with Crippen molar-refractivity contribution in [3.8, 4) is 0 Å². The van der Waals surface area contributed by atoms with Gasteiger partial charge < -0.3 is 30.6 Å². The number of benzene rings is 2. The first-order chi connectivity index (χ1) is 27.3. The number of aliphatic hydroxyl groups excluding tert-OH is 1. The quantitative estimate of drug-likeness (QED) is 0.0663. The lowest BCUT2D eigenvalue weighted by Gasteiger charge is -2.26. The molecule has 0 aliphatic rings. The number of carbonyl (C=O) groups is 2. The second kappa shape index (κ2) is 24.0. The number of hydrogen-bond donors (Lipinski definition) is 4. The second-order valence-electron chi connectivity index (χ2n) is 14.4. The van der Waals surface area contributed by atoms with Gasteiger partial charge in [-0.25, -0.2) is 23.5 Å². The number of halogens is 2. The first-order valence-corrected chi connectivity index (χ1v) is 20.2. The van der Waals surface area contributed by atoms with Crippen LogP contribution in [0.1, 0.15) is 109 Å². The van der Waals surface area contributed by atoms with Crippen LogP contribution in [0.3, 0.4) is 0 Å². The number of amides is 1. The molecule has 10 nitrogen and oxygen atoms in total. The van der Waals surface area contributed by atoms with Gasteiger partial charge in [0.15, 0.2) is 0 Å². The second-order valence-corrected chi connectivity index (χ2v) is 14.4. The molecule has 4 rings (SSSR count). The van der Waals surface area contributed by atoms with Gasteiger partial charge in [-0.15, -0.1) is 0 Å². The van der Waals surface area contributed by atoms with Crippen molar-refractivity contribution in [2.24, 2.45) is 0 Å². The van der Waals surface area contributed by atoms with Crippen LogP contribution >= 0.6 is 0 Å². The number of aromatic nitrogens is 2. The molecule has 2 aromatic heterocycles. The average Bonchev–Trinajstić information content (AvgIpc) is 3.17. The Hall–Kier alpha value is -4.94. The number of aromatic carboxylic acids is 1. The van der Waals surface area contributed by atoms with E-state index >= 15 is 0 Å². The number of hydrogen-bond acceptors (Lipinski definition) is 8. The summed E-state index contributed by atoms with van der Waals surface area (Å²) in [5.41, 5.74) is 4.85. The molecule has 2 heterocycles. The highest BCUT2D eigenvalue weighted by atomic mass is 19.1. The zero-order valence-corrected chi connectivity index (χ0v) is 34.7. The predicted octanol–water partition coefficient (Wildman–Crippen LogP) is 8.06. The average molecular weight is 789 g/mol. The lowest BCUT2D eigenvalue weighted by atomic mass is 10.00. The van der Waals surface area contributed by atoms with Crippen LogP contribution in [0, 0.1) is 25.5 Å². The van der Waals surface area contributed by atoms with Crippen molar-refractivity contribution >= 4 is 23.5 Å². The molecule has 0 unspecified atom stereocenters. The highest BCUT2D eigenvalue weighted by Crippen LogP contribution is 2.19. The first-order valence-electron chi connectivity index (χ1n) is 20.2. The SMILES string of the molecule is CCCN(CCC)c1cc(C(=O)N[C@@H](Cc2cc(F)cc(F)c2)[C@H](O)CNCc2cccc(CC)c2)cc(C)n1.CCCN(CCC)c1cc(C(=O)O)cc(C)n1. The molecule has 0 fully saturated rings. The zero-order valence-electron chi connectivity index (χ0n) is 34.7. The molecular formula is C45H62F2N6O4. The van der Waals surface area contributed by atoms with E-state index in [1.165, 1.54) is 17.7 Å². The van der Waals surface area contributed by atoms with E-state index in [0.717, 1.165) is 87.2 Å². The molecule has 57 heavy (non-hydrogen) atoms. The fourth-order valence-corrected chi connectivity index (χ4v) is 6.63. The van der Waals surface area contributed by atoms with Crippen molar-refractivity contribution < 1.29 is 28.6 Å². The van der Waals surface area contributed by atoms with E-state index in [-0.39, 0.29) is 18.9 Å². The number of anilines is 2. The standard InChI is InChI=1S/C32H42F2N4O2.C13H20N2O2/c1-5-11-38(12-6-2)31-18-26(13-22(4)36-31)32(40)37-29(17-25-15-27(33)19-28(34)16-25)30(39)21-35-20-24-10-8-9-23(7-3)14-24;1-4-6-15(7-5-2)12-9-11(13(16)17)8-10(3)14-12/h8-10,13-16,18-19,29-30,35,39H,5-7,11-12,17,20-21H2,1-4H3,(H,37,40);8-9H,4-7H2,1-3H3,(H,16,17)/t29-,30+;/m0./s1. The molecule has 0 bridgehead atoms. The number of carboxylic acids is 1. The van der Waals surface area contributed by atoms with Crippen molar-refractivity contribution in [1.29, 1.82) is 0 Å². The number of carbonyl (C=O) groups excluding carboxylic acids is 1. The minimum Gasteiger partial charge on any atom is -0.478 e. The van der Waals surface area contributed by atoms with E-state index < -0.39 is 29.7 Å². The molecule has 0 radical (unpaired) electrons. The third-order valence-corrected chi connectivity index (χ3v) is 9.25. The van der Waals surface area contributed by atoms with Gasteiger partial charge in [0.1, 0.15) is 23.3 Å². The van der Waals surface area contributed by atoms with Gasteiger partial charge in [-0.1, -0.05) is 58.9 Å². The summed E-state index contributed by atoms with van der Waals surface area (Å²) in [6.45, 7) is 18.4. The van der Waals surface area contributed by atoms with E-state index in [1.807, 2.05) is 26.0 Å². The van der Waals surface area contributed by atoms with Crippen molar-refractivity contribution in [3.05, 3.63) is 118 Å². The molecule has 0 aliphatic heterocycles. The Kier molecular flexibility index (Phi) is 19.5. The van der Waals surface area contributed by atoms with E-state index in [4.69, 9.17) is 5.11 Å². The van der Waals surface area contributed by atoms with Crippen LogP contribution in [0.5, 0.6) is 0 Å². The van der Waals surface area contributed by atoms with Gasteiger partial charge in [0.2, 0.25) is 0 Å². The van der Waals surface area contributed by atoms with Crippen LogP contribution in [0.25, 0.3) is 0 Å². The van der Waals surface area contributed by atoms with Crippen molar-refractivity contribution in [3.63, 3.8) is 0 Å². The third kappa shape index (κ3) is 15.5. The molecule has 4 N–H and O–H groups in total. The Morgan fingerprint density at radius 3 is 1.72 bits per heavy atom. The number of nitrogens with zero attached hydrogens (tertiary/aromatic N) is 4. The predicted molar refractivity (Wildman–Crippen MR) is 225 cm³/mol. The normalized spacial score (nSPS) is 12.0. The monoisotopic (exact) mass is 788 g/mol. The third-order valence-electron chi connectivity index (χ3n) is 9.25. The summed E-state index contributed by atoms with van der Waals surface area (Å²) in [7, 11) is 0. The van der Waals surface area contributed by atoms with E-state index in [2.05, 4.69) is 77.2 Å². The fraction of sp³-hybridized carbons (Fsp3) is 0.467. The molecule has 12 heteroatoms. The van der Waals surface area contributed by atoms with E-state index in [9.17, 15) is 23.5 Å². The van der Waals surface area contributed by atoms with Crippen LogP contribution in [0.15, 0.2) is 66.7 Å². The fourth-order valence-electron chi connectivity index (χ4n) is 6.63. The number of pyridine rings is 2. The Balaban J connectivity index is 0.000000427. The van der Waals surface area contributed by atoms with E-state index in [1.54, 1.807) is 24.3 Å². The van der Waals surface area contributed by atoms with Crippen LogP contribution in [-0.2, 0) is 19.4 Å². The molecule has 4 aromatic rings. The Morgan fingerprint density at radius 1 is 0.702 bits per heavy atom. The molecule has 310 valence electrons. The molecule has 2 atom stereocenters. The van der Waals surface area contributed by atoms with Gasteiger partial charge in [0, 0.05) is 62.3 Å². The number of carboxylic acid groups (broad SMARTS) is 1. The minimum absolute atomic E-state index is 0.0588. The molecular weight excluding hydrogens is 727 g/mol. The van der Waals surface area contributed by atoms with Gasteiger partial charge in [-0.05, 0) is 105 Å². The number of aliphatic hydroxyl groups is 1. The van der Waals surface area contributed by atoms with Gasteiger partial charge in [-0.2, -0.15) is 0 Å². The zero-order chi connectivity index (χ0) is 41.9. The summed E-state index contributed by atoms with van der Waals surface area (Å²) < 4.78 is 27.9. The van der Waals surface area contributed by atoms with Gasteiger partial charge >= 0.3 is 5.97 Å². The van der Waals surface area contributed by atoms with Gasteiger partial charge in [-0.3, -0.25) is 4.79 Å². The molecule has 0 saturated heterocycles. The maximum absolute atomic E-state index is 13.9. The maximum atomic E-state index is 13.9. The summed E-state index contributed by atoms with van der Waals surface area (Å²) in [5, 5.41) is 26.3. The molecule has 0 aliphatic carbocycles. The number of rotatable bonds is 21. The first kappa shape index (κ1) is 46.4. The summed E-state index contributed by atoms with van der Waals surface area (Å²) in [6.07, 6.45) is 3.93.